The molecule has 3 heterocycles. The maximum absolute atomic E-state index is 12.9. The molecule has 2 fully saturated rings. The van der Waals surface area contributed by atoms with Crippen LogP contribution in [0.15, 0.2) is 42.6 Å². The van der Waals surface area contributed by atoms with Crippen molar-refractivity contribution in [3.63, 3.8) is 0 Å². The third-order valence-corrected chi connectivity index (χ3v) is 5.26. The minimum absolute atomic E-state index is 0.0111. The first-order valence-electron chi connectivity index (χ1n) is 9.82. The number of carbonyl (C=O) groups excluding carboxylic acids is 1. The molecule has 9 heteroatoms. The van der Waals surface area contributed by atoms with E-state index in [0.29, 0.717) is 56.5 Å². The molecule has 1 atom stereocenters. The monoisotopic (exact) mass is 421 g/mol. The summed E-state index contributed by atoms with van der Waals surface area (Å²) >= 11 is 0. The number of benzene rings is 1. The number of carbonyl (C=O) groups is 1. The number of pyridine rings is 1. The summed E-state index contributed by atoms with van der Waals surface area (Å²) in [5.74, 6) is 0.304. The van der Waals surface area contributed by atoms with Crippen LogP contribution in [0.1, 0.15) is 22.3 Å². The summed E-state index contributed by atoms with van der Waals surface area (Å²) in [6.07, 6.45) is -2.07. The quantitative estimate of drug-likeness (QED) is 0.759. The summed E-state index contributed by atoms with van der Waals surface area (Å²) in [4.78, 5) is 20.5. The lowest BCUT2D eigenvalue weighted by Gasteiger charge is -2.36. The van der Waals surface area contributed by atoms with Gasteiger partial charge in [-0.25, -0.2) is 4.98 Å². The lowest BCUT2D eigenvalue weighted by molar-refractivity contribution is -0.137. The molecular weight excluding hydrogens is 399 g/mol. The Kier molecular flexibility index (Phi) is 5.80. The highest BCUT2D eigenvalue weighted by atomic mass is 19.4. The van der Waals surface area contributed by atoms with Gasteiger partial charge in [-0.15, -0.1) is 0 Å². The summed E-state index contributed by atoms with van der Waals surface area (Å²) in [6, 6.07) is 8.62. The summed E-state index contributed by atoms with van der Waals surface area (Å²) in [5.41, 5.74) is 0.296. The number of aromatic nitrogens is 1. The van der Waals surface area contributed by atoms with Gasteiger partial charge in [0.15, 0.2) is 0 Å². The van der Waals surface area contributed by atoms with E-state index < -0.39 is 11.7 Å². The normalized spacial score (nSPS) is 19.8. The average Bonchev–Trinajstić information content (AvgIpc) is 3.26. The smallest absolute Gasteiger partial charge is 0.416 e. The van der Waals surface area contributed by atoms with Gasteiger partial charge in [-0.2, -0.15) is 13.2 Å². The summed E-state index contributed by atoms with van der Waals surface area (Å²) < 4.78 is 49.8. The van der Waals surface area contributed by atoms with Gasteiger partial charge in [0, 0.05) is 50.6 Å². The number of piperazine rings is 1. The van der Waals surface area contributed by atoms with Crippen LogP contribution < -0.4 is 9.64 Å². The molecule has 6 nitrogen and oxygen atoms in total. The van der Waals surface area contributed by atoms with E-state index in [1.54, 1.807) is 23.1 Å². The van der Waals surface area contributed by atoms with E-state index in [4.69, 9.17) is 9.47 Å². The van der Waals surface area contributed by atoms with E-state index in [1.165, 1.54) is 12.3 Å². The van der Waals surface area contributed by atoms with E-state index in [2.05, 4.69) is 4.98 Å². The van der Waals surface area contributed by atoms with Crippen molar-refractivity contribution in [3.8, 4) is 5.88 Å². The van der Waals surface area contributed by atoms with Gasteiger partial charge in [-0.3, -0.25) is 4.79 Å². The van der Waals surface area contributed by atoms with Gasteiger partial charge in [0.2, 0.25) is 5.88 Å². The van der Waals surface area contributed by atoms with Gasteiger partial charge in [-0.05, 0) is 24.3 Å². The van der Waals surface area contributed by atoms with Gasteiger partial charge >= 0.3 is 6.18 Å². The molecule has 0 bridgehead atoms. The lowest BCUT2D eigenvalue weighted by Crippen LogP contribution is -2.48. The second kappa shape index (κ2) is 8.51. The van der Waals surface area contributed by atoms with Gasteiger partial charge in [-0.1, -0.05) is 6.07 Å². The fraction of sp³-hybridized carbons (Fsp3) is 0.429. The fourth-order valence-electron chi connectivity index (χ4n) is 3.58. The van der Waals surface area contributed by atoms with Crippen LogP contribution in [0, 0.1) is 0 Å². The van der Waals surface area contributed by atoms with Crippen LogP contribution in [-0.2, 0) is 10.9 Å². The van der Waals surface area contributed by atoms with Crippen molar-refractivity contribution in [1.29, 1.82) is 0 Å². The zero-order valence-electron chi connectivity index (χ0n) is 16.3. The highest BCUT2D eigenvalue weighted by molar-refractivity contribution is 5.94. The molecule has 0 radical (unpaired) electrons. The number of rotatable bonds is 4. The number of hydrogen-bond donors (Lipinski definition) is 0. The van der Waals surface area contributed by atoms with Crippen molar-refractivity contribution < 1.29 is 27.4 Å². The molecule has 2 saturated heterocycles. The molecule has 2 aliphatic heterocycles. The Bertz CT molecular complexity index is 875. The average molecular weight is 421 g/mol. The van der Waals surface area contributed by atoms with Crippen molar-refractivity contribution >= 4 is 11.6 Å². The Hall–Kier alpha value is -2.81. The molecular formula is C21H22F3N3O3. The first kappa shape index (κ1) is 20.5. The van der Waals surface area contributed by atoms with E-state index in [0.717, 1.165) is 18.6 Å². The van der Waals surface area contributed by atoms with Crippen molar-refractivity contribution in [3.05, 3.63) is 53.7 Å². The lowest BCUT2D eigenvalue weighted by atomic mass is 10.1. The maximum atomic E-state index is 12.9. The fourth-order valence-corrected chi connectivity index (χ4v) is 3.58. The van der Waals surface area contributed by atoms with Crippen molar-refractivity contribution in [1.82, 2.24) is 9.88 Å². The molecule has 0 N–H and O–H groups in total. The van der Waals surface area contributed by atoms with Crippen LogP contribution in [0.25, 0.3) is 0 Å². The SMILES string of the molecule is O=C(c1ccc(OC2CCOC2)nc1)N1CCN(c2cccc(C(F)(F)F)c2)CC1. The van der Waals surface area contributed by atoms with Gasteiger partial charge < -0.3 is 19.3 Å². The van der Waals surface area contributed by atoms with Gasteiger partial charge in [0.25, 0.3) is 5.91 Å². The first-order valence-corrected chi connectivity index (χ1v) is 9.82. The topological polar surface area (TPSA) is 54.9 Å². The number of alkyl halides is 3. The molecule has 160 valence electrons. The highest BCUT2D eigenvalue weighted by Gasteiger charge is 2.31. The highest BCUT2D eigenvalue weighted by Crippen LogP contribution is 2.32. The molecule has 2 aliphatic rings. The first-order chi connectivity index (χ1) is 14.4. The third kappa shape index (κ3) is 4.67. The summed E-state index contributed by atoms with van der Waals surface area (Å²) in [7, 11) is 0. The standard InChI is InChI=1S/C21H22F3N3O3/c22-21(23,24)16-2-1-3-17(12-16)26-7-9-27(10-8-26)20(28)15-4-5-19(25-13-15)30-18-6-11-29-14-18/h1-5,12-13,18H,6-11,14H2. The maximum Gasteiger partial charge on any atom is 0.416 e. The molecule has 30 heavy (non-hydrogen) atoms. The van der Waals surface area contributed by atoms with Crippen LogP contribution in [0.2, 0.25) is 0 Å². The van der Waals surface area contributed by atoms with Crippen LogP contribution >= 0.6 is 0 Å². The summed E-state index contributed by atoms with van der Waals surface area (Å²) in [6.45, 7) is 2.98. The Labute approximate surface area is 172 Å². The van der Waals surface area contributed by atoms with Crippen LogP contribution in [0.5, 0.6) is 5.88 Å². The van der Waals surface area contributed by atoms with E-state index in [-0.39, 0.29) is 12.0 Å². The molecule has 1 aromatic heterocycles. The number of halogens is 3. The van der Waals surface area contributed by atoms with Crippen molar-refractivity contribution in [2.24, 2.45) is 0 Å². The number of nitrogens with zero attached hydrogens (tertiary/aromatic N) is 3. The number of amides is 1. The Morgan fingerprint density at radius 1 is 1.13 bits per heavy atom. The third-order valence-electron chi connectivity index (χ3n) is 5.26. The number of anilines is 1. The van der Waals surface area contributed by atoms with Gasteiger partial charge in [0.1, 0.15) is 6.10 Å². The molecule has 4 rings (SSSR count). The van der Waals surface area contributed by atoms with Crippen LogP contribution in [-0.4, -0.2) is 61.3 Å². The number of hydrogen-bond acceptors (Lipinski definition) is 5. The zero-order valence-corrected chi connectivity index (χ0v) is 16.3. The van der Waals surface area contributed by atoms with E-state index >= 15 is 0 Å². The van der Waals surface area contributed by atoms with Crippen LogP contribution in [0.3, 0.4) is 0 Å². The Balaban J connectivity index is 1.34. The predicted molar refractivity (Wildman–Crippen MR) is 104 cm³/mol. The molecule has 2 aromatic rings. The van der Waals surface area contributed by atoms with Crippen LogP contribution in [0.4, 0.5) is 18.9 Å². The second-order valence-corrected chi connectivity index (χ2v) is 7.32. The van der Waals surface area contributed by atoms with E-state index in [1.807, 2.05) is 4.90 Å². The minimum atomic E-state index is -4.37. The van der Waals surface area contributed by atoms with E-state index in [9.17, 15) is 18.0 Å². The number of ether oxygens (including phenoxy) is 2. The van der Waals surface area contributed by atoms with Crippen molar-refractivity contribution in [2.75, 3.05) is 44.3 Å². The molecule has 0 spiro atoms. The molecule has 0 aliphatic carbocycles. The Morgan fingerprint density at radius 3 is 2.57 bits per heavy atom. The molecule has 1 aromatic carbocycles. The zero-order chi connectivity index (χ0) is 21.1. The molecule has 0 saturated carbocycles. The Morgan fingerprint density at radius 2 is 1.93 bits per heavy atom. The minimum Gasteiger partial charge on any atom is -0.472 e. The second-order valence-electron chi connectivity index (χ2n) is 7.32. The van der Waals surface area contributed by atoms with Gasteiger partial charge in [0.05, 0.1) is 24.3 Å². The van der Waals surface area contributed by atoms with Crippen molar-refractivity contribution in [2.45, 2.75) is 18.7 Å². The molecule has 1 amide bonds. The summed E-state index contributed by atoms with van der Waals surface area (Å²) in [5, 5.41) is 0. The molecule has 1 unspecified atom stereocenters. The predicted octanol–water partition coefficient (Wildman–Crippen LogP) is 3.23. The largest absolute Gasteiger partial charge is 0.472 e.